The van der Waals surface area contributed by atoms with Gasteiger partial charge in [0.2, 0.25) is 0 Å². The van der Waals surface area contributed by atoms with Gasteiger partial charge < -0.3 is 5.32 Å². The van der Waals surface area contributed by atoms with Gasteiger partial charge in [-0.1, -0.05) is 30.3 Å². The minimum absolute atomic E-state index is 0.0952. The molecule has 0 radical (unpaired) electrons. The predicted molar refractivity (Wildman–Crippen MR) is 61.8 cm³/mol. The molecule has 0 saturated heterocycles. The summed E-state index contributed by atoms with van der Waals surface area (Å²) in [4.78, 5) is 10.6. The minimum Gasteiger partial charge on any atom is -0.345 e. The Balaban J connectivity index is 1.99. The molecule has 1 aromatic rings. The number of hydrogen-bond acceptors (Lipinski definition) is 1. The molecule has 0 heterocycles. The standard InChI is InChI=1S/C13H12F3NO/c14-13(15,16)12(18)17-8-7-10-6-5-9-3-1-2-4-11(9)10/h1-4,7H,5-6,8H2,(H,17,18)/b10-7+. The van der Waals surface area contributed by atoms with Gasteiger partial charge in [0.1, 0.15) is 0 Å². The summed E-state index contributed by atoms with van der Waals surface area (Å²) < 4.78 is 35.9. The Bertz CT molecular complexity index is 491. The van der Waals surface area contributed by atoms with Crippen LogP contribution in [-0.4, -0.2) is 18.6 Å². The normalized spacial score (nSPS) is 16.7. The number of carbonyl (C=O) groups is 1. The van der Waals surface area contributed by atoms with Crippen LogP contribution in [0.25, 0.3) is 5.57 Å². The van der Waals surface area contributed by atoms with Crippen LogP contribution in [-0.2, 0) is 11.2 Å². The molecule has 0 aromatic heterocycles. The maximum absolute atomic E-state index is 12.0. The Labute approximate surface area is 102 Å². The third-order valence-corrected chi connectivity index (χ3v) is 2.90. The molecule has 1 aliphatic carbocycles. The second-order valence-electron chi connectivity index (χ2n) is 4.09. The van der Waals surface area contributed by atoms with Crippen molar-refractivity contribution in [1.82, 2.24) is 5.32 Å². The van der Waals surface area contributed by atoms with E-state index in [2.05, 4.69) is 0 Å². The molecule has 1 N–H and O–H groups in total. The van der Waals surface area contributed by atoms with Crippen molar-refractivity contribution >= 4 is 11.5 Å². The molecule has 2 nitrogen and oxygen atoms in total. The molecule has 5 heteroatoms. The van der Waals surface area contributed by atoms with Crippen LogP contribution in [0.5, 0.6) is 0 Å². The smallest absolute Gasteiger partial charge is 0.345 e. The van der Waals surface area contributed by atoms with Crippen LogP contribution in [0.1, 0.15) is 17.5 Å². The highest BCUT2D eigenvalue weighted by molar-refractivity contribution is 5.82. The van der Waals surface area contributed by atoms with Crippen LogP contribution >= 0.6 is 0 Å². The van der Waals surface area contributed by atoms with Crippen molar-refractivity contribution in [2.75, 3.05) is 6.54 Å². The molecule has 0 atom stereocenters. The van der Waals surface area contributed by atoms with E-state index in [1.807, 2.05) is 29.6 Å². The highest BCUT2D eigenvalue weighted by Crippen LogP contribution is 2.31. The molecule has 0 unspecified atom stereocenters. The molecular weight excluding hydrogens is 243 g/mol. The van der Waals surface area contributed by atoms with E-state index >= 15 is 0 Å². The minimum atomic E-state index is -4.81. The van der Waals surface area contributed by atoms with E-state index in [0.29, 0.717) is 0 Å². The second kappa shape index (κ2) is 4.84. The quantitative estimate of drug-likeness (QED) is 0.865. The van der Waals surface area contributed by atoms with Crippen LogP contribution in [0.15, 0.2) is 30.3 Å². The molecule has 1 amide bonds. The van der Waals surface area contributed by atoms with Crippen LogP contribution in [0.4, 0.5) is 13.2 Å². The highest BCUT2D eigenvalue weighted by atomic mass is 19.4. The summed E-state index contributed by atoms with van der Waals surface area (Å²) in [7, 11) is 0. The summed E-state index contributed by atoms with van der Waals surface area (Å²) in [5, 5.41) is 1.84. The molecule has 96 valence electrons. The number of benzene rings is 1. The first-order valence-electron chi connectivity index (χ1n) is 5.61. The number of rotatable bonds is 2. The largest absolute Gasteiger partial charge is 0.471 e. The number of hydrogen-bond donors (Lipinski definition) is 1. The van der Waals surface area contributed by atoms with Gasteiger partial charge in [0.05, 0.1) is 0 Å². The average molecular weight is 255 g/mol. The van der Waals surface area contributed by atoms with Crippen molar-refractivity contribution in [2.45, 2.75) is 19.0 Å². The molecule has 1 aliphatic rings. The van der Waals surface area contributed by atoms with Crippen molar-refractivity contribution in [2.24, 2.45) is 0 Å². The van der Waals surface area contributed by atoms with Gasteiger partial charge >= 0.3 is 12.1 Å². The molecule has 0 saturated carbocycles. The predicted octanol–water partition coefficient (Wildman–Crippen LogP) is 2.69. The maximum atomic E-state index is 12.0. The van der Waals surface area contributed by atoms with Gasteiger partial charge in [0.15, 0.2) is 0 Å². The first-order chi connectivity index (χ1) is 8.48. The van der Waals surface area contributed by atoms with Gasteiger partial charge in [0, 0.05) is 6.54 Å². The summed E-state index contributed by atoms with van der Waals surface area (Å²) in [6, 6.07) is 7.78. The van der Waals surface area contributed by atoms with Gasteiger partial charge in [-0.3, -0.25) is 4.79 Å². The fraction of sp³-hybridized carbons (Fsp3) is 0.308. The molecule has 0 bridgehead atoms. The number of fused-ring (bicyclic) bond motifs is 1. The lowest BCUT2D eigenvalue weighted by Gasteiger charge is -2.06. The second-order valence-corrected chi connectivity index (χ2v) is 4.09. The lowest BCUT2D eigenvalue weighted by atomic mass is 10.1. The van der Waals surface area contributed by atoms with Crippen LogP contribution in [0.2, 0.25) is 0 Å². The number of alkyl halides is 3. The third-order valence-electron chi connectivity index (χ3n) is 2.90. The number of aryl methyl sites for hydroxylation is 1. The lowest BCUT2D eigenvalue weighted by Crippen LogP contribution is -2.36. The summed E-state index contributed by atoms with van der Waals surface area (Å²) >= 11 is 0. The van der Waals surface area contributed by atoms with E-state index in [4.69, 9.17) is 0 Å². The van der Waals surface area contributed by atoms with Crippen molar-refractivity contribution in [3.8, 4) is 0 Å². The summed E-state index contributed by atoms with van der Waals surface area (Å²) in [6.07, 6.45) is -1.46. The molecule has 2 rings (SSSR count). The van der Waals surface area contributed by atoms with E-state index in [9.17, 15) is 18.0 Å². The monoisotopic (exact) mass is 255 g/mol. The number of carbonyl (C=O) groups excluding carboxylic acids is 1. The first-order valence-corrected chi connectivity index (χ1v) is 5.61. The van der Waals surface area contributed by atoms with Crippen molar-refractivity contribution in [1.29, 1.82) is 0 Å². The molecular formula is C13H12F3NO. The lowest BCUT2D eigenvalue weighted by molar-refractivity contribution is -0.173. The average Bonchev–Trinajstić information content (AvgIpc) is 2.71. The number of halogens is 3. The number of amides is 1. The van der Waals surface area contributed by atoms with E-state index in [-0.39, 0.29) is 6.54 Å². The van der Waals surface area contributed by atoms with Crippen molar-refractivity contribution < 1.29 is 18.0 Å². The van der Waals surface area contributed by atoms with E-state index in [0.717, 1.165) is 24.0 Å². The summed E-state index contributed by atoms with van der Waals surface area (Å²) in [6.45, 7) is -0.0952. The van der Waals surface area contributed by atoms with Gasteiger partial charge in [-0.15, -0.1) is 0 Å². The zero-order valence-electron chi connectivity index (χ0n) is 9.55. The topological polar surface area (TPSA) is 29.1 Å². The Morgan fingerprint density at radius 2 is 2.00 bits per heavy atom. The van der Waals surface area contributed by atoms with Gasteiger partial charge in [-0.25, -0.2) is 0 Å². The van der Waals surface area contributed by atoms with Gasteiger partial charge in [0.25, 0.3) is 0 Å². The van der Waals surface area contributed by atoms with Gasteiger partial charge in [-0.05, 0) is 29.5 Å². The molecule has 0 aliphatic heterocycles. The zero-order valence-corrected chi connectivity index (χ0v) is 9.55. The Morgan fingerprint density at radius 1 is 1.28 bits per heavy atom. The SMILES string of the molecule is O=C(NC/C=C1\CCc2ccccc21)C(F)(F)F. The summed E-state index contributed by atoms with van der Waals surface area (Å²) in [5.41, 5.74) is 3.26. The Morgan fingerprint density at radius 3 is 2.72 bits per heavy atom. The molecule has 0 spiro atoms. The first kappa shape index (κ1) is 12.7. The fourth-order valence-electron chi connectivity index (χ4n) is 2.03. The van der Waals surface area contributed by atoms with Crippen molar-refractivity contribution in [3.63, 3.8) is 0 Å². The van der Waals surface area contributed by atoms with Crippen LogP contribution < -0.4 is 5.32 Å². The fourth-order valence-corrected chi connectivity index (χ4v) is 2.03. The number of nitrogens with one attached hydrogen (secondary N) is 1. The van der Waals surface area contributed by atoms with E-state index < -0.39 is 12.1 Å². The summed E-state index contributed by atoms with van der Waals surface area (Å²) in [5.74, 6) is -1.90. The Kier molecular flexibility index (Phi) is 3.41. The van der Waals surface area contributed by atoms with Crippen molar-refractivity contribution in [3.05, 3.63) is 41.5 Å². The molecule has 1 aromatic carbocycles. The molecule has 0 fully saturated rings. The zero-order chi connectivity index (χ0) is 13.2. The van der Waals surface area contributed by atoms with Gasteiger partial charge in [-0.2, -0.15) is 13.2 Å². The number of allylic oxidation sites excluding steroid dienone is 1. The van der Waals surface area contributed by atoms with Crippen LogP contribution in [0, 0.1) is 0 Å². The third kappa shape index (κ3) is 2.72. The Hall–Kier alpha value is -1.78. The van der Waals surface area contributed by atoms with E-state index in [1.54, 1.807) is 6.08 Å². The highest BCUT2D eigenvalue weighted by Gasteiger charge is 2.38. The van der Waals surface area contributed by atoms with E-state index in [1.165, 1.54) is 5.56 Å². The molecule has 18 heavy (non-hydrogen) atoms. The maximum Gasteiger partial charge on any atom is 0.471 e. The van der Waals surface area contributed by atoms with Crippen LogP contribution in [0.3, 0.4) is 0 Å².